The van der Waals surface area contributed by atoms with Crippen molar-refractivity contribution in [3.05, 3.63) is 87.1 Å². The summed E-state index contributed by atoms with van der Waals surface area (Å²) >= 11 is 1.86. The van der Waals surface area contributed by atoms with Gasteiger partial charge in [0.1, 0.15) is 0 Å². The summed E-state index contributed by atoms with van der Waals surface area (Å²) in [5.74, 6) is 0. The van der Waals surface area contributed by atoms with Crippen LogP contribution in [-0.4, -0.2) is 7.05 Å². The van der Waals surface area contributed by atoms with Gasteiger partial charge in [-0.05, 0) is 64.8 Å². The van der Waals surface area contributed by atoms with Gasteiger partial charge in [-0.3, -0.25) is 0 Å². The Labute approximate surface area is 141 Å². The molecule has 1 heterocycles. The molecule has 0 saturated heterocycles. The summed E-state index contributed by atoms with van der Waals surface area (Å²) in [6.45, 7) is 0. The second-order valence-electron chi connectivity index (χ2n) is 5.87. The summed E-state index contributed by atoms with van der Waals surface area (Å²) in [5.41, 5.74) is 8.05. The highest BCUT2D eigenvalue weighted by atomic mass is 32.1. The van der Waals surface area contributed by atoms with Crippen molar-refractivity contribution >= 4 is 28.7 Å². The molecular weight excluding hydrogens is 298 g/mol. The highest BCUT2D eigenvalue weighted by molar-refractivity contribution is 7.11. The normalized spacial score (nSPS) is 14.9. The van der Waals surface area contributed by atoms with Crippen molar-refractivity contribution in [3.8, 4) is 0 Å². The molecule has 2 heteroatoms. The van der Waals surface area contributed by atoms with Crippen LogP contribution in [0.5, 0.6) is 0 Å². The van der Waals surface area contributed by atoms with Crippen molar-refractivity contribution in [1.29, 1.82) is 0 Å². The van der Waals surface area contributed by atoms with Crippen molar-refractivity contribution in [1.82, 2.24) is 0 Å². The van der Waals surface area contributed by atoms with Crippen LogP contribution in [0.4, 0.5) is 5.69 Å². The van der Waals surface area contributed by atoms with Crippen LogP contribution in [0, 0.1) is 0 Å². The second kappa shape index (κ2) is 6.05. The molecule has 1 nitrogen and oxygen atoms in total. The smallest absolute Gasteiger partial charge is 0.0381 e. The number of aryl methyl sites for hydroxylation is 2. The van der Waals surface area contributed by atoms with E-state index in [1.165, 1.54) is 32.7 Å². The Balaban J connectivity index is 1.91. The first-order valence-electron chi connectivity index (χ1n) is 8.00. The number of nitrogens with one attached hydrogen (secondary N) is 1. The van der Waals surface area contributed by atoms with Crippen LogP contribution in [0.1, 0.15) is 27.1 Å². The van der Waals surface area contributed by atoms with Gasteiger partial charge in [-0.15, -0.1) is 11.3 Å². The molecule has 1 aliphatic rings. The molecule has 3 aromatic rings. The molecule has 0 amide bonds. The third kappa shape index (κ3) is 2.71. The van der Waals surface area contributed by atoms with Gasteiger partial charge in [0, 0.05) is 23.2 Å². The highest BCUT2D eigenvalue weighted by Crippen LogP contribution is 2.38. The lowest BCUT2D eigenvalue weighted by atomic mass is 9.97. The number of anilines is 1. The summed E-state index contributed by atoms with van der Waals surface area (Å²) in [6.07, 6.45) is 4.58. The summed E-state index contributed by atoms with van der Waals surface area (Å²) in [5, 5.41) is 5.44. The maximum Gasteiger partial charge on any atom is 0.0381 e. The maximum absolute atomic E-state index is 3.22. The third-order valence-corrected chi connectivity index (χ3v) is 5.44. The number of hydrogen-bond donors (Lipinski definition) is 1. The fraction of sp³-hybridized carbons (Fsp3) is 0.143. The van der Waals surface area contributed by atoms with Gasteiger partial charge in [0.15, 0.2) is 0 Å². The van der Waals surface area contributed by atoms with E-state index in [4.69, 9.17) is 0 Å². The van der Waals surface area contributed by atoms with Crippen molar-refractivity contribution < 1.29 is 0 Å². The quantitative estimate of drug-likeness (QED) is 0.660. The van der Waals surface area contributed by atoms with Gasteiger partial charge in [0.2, 0.25) is 0 Å². The topological polar surface area (TPSA) is 12.0 Å². The standard InChI is InChI=1S/C21H19NS/c1-22-18-7-4-5-15(13-18)14-20-19-8-3-2-6-16(19)9-10-17-11-12-23-21(17)20/h2-8,11-14,22H,9-10H2,1H3/b20-14+. The first-order chi connectivity index (χ1) is 11.3. The van der Waals surface area contributed by atoms with E-state index < -0.39 is 0 Å². The van der Waals surface area contributed by atoms with Gasteiger partial charge in [0.05, 0.1) is 0 Å². The Bertz CT molecular complexity index is 873. The van der Waals surface area contributed by atoms with Crippen molar-refractivity contribution in [3.63, 3.8) is 0 Å². The van der Waals surface area contributed by atoms with Crippen LogP contribution in [0.2, 0.25) is 0 Å². The number of thiophene rings is 1. The lowest BCUT2D eigenvalue weighted by Crippen LogP contribution is -1.91. The molecular formula is C21H19NS. The Morgan fingerprint density at radius 3 is 2.74 bits per heavy atom. The SMILES string of the molecule is CNc1cccc(/C=C2\c3ccccc3CCc3ccsc32)c1. The Morgan fingerprint density at radius 1 is 0.957 bits per heavy atom. The van der Waals surface area contributed by atoms with Crippen LogP contribution in [0.15, 0.2) is 60.0 Å². The summed E-state index contributed by atoms with van der Waals surface area (Å²) in [7, 11) is 1.96. The Morgan fingerprint density at radius 2 is 1.83 bits per heavy atom. The molecule has 0 radical (unpaired) electrons. The number of rotatable bonds is 2. The van der Waals surface area contributed by atoms with Gasteiger partial charge in [-0.1, -0.05) is 36.4 Å². The molecule has 0 spiro atoms. The summed E-state index contributed by atoms with van der Waals surface area (Å²) in [6, 6.07) is 19.7. The Hall–Kier alpha value is -2.32. The zero-order chi connectivity index (χ0) is 15.6. The van der Waals surface area contributed by atoms with Crippen molar-refractivity contribution in [2.45, 2.75) is 12.8 Å². The molecule has 0 fully saturated rings. The fourth-order valence-corrected chi connectivity index (χ4v) is 4.24. The number of benzene rings is 2. The summed E-state index contributed by atoms with van der Waals surface area (Å²) < 4.78 is 0. The van der Waals surface area contributed by atoms with E-state index in [0.29, 0.717) is 0 Å². The van der Waals surface area contributed by atoms with E-state index >= 15 is 0 Å². The van der Waals surface area contributed by atoms with Gasteiger partial charge < -0.3 is 5.32 Å². The molecule has 4 rings (SSSR count). The third-order valence-electron chi connectivity index (χ3n) is 4.45. The fourth-order valence-electron chi connectivity index (χ4n) is 3.26. The molecule has 0 saturated carbocycles. The van der Waals surface area contributed by atoms with Gasteiger partial charge >= 0.3 is 0 Å². The maximum atomic E-state index is 3.22. The zero-order valence-electron chi connectivity index (χ0n) is 13.2. The van der Waals surface area contributed by atoms with Gasteiger partial charge in [-0.25, -0.2) is 0 Å². The lowest BCUT2D eigenvalue weighted by Gasteiger charge is -2.10. The van der Waals surface area contributed by atoms with Gasteiger partial charge in [0.25, 0.3) is 0 Å². The van der Waals surface area contributed by atoms with E-state index in [1.807, 2.05) is 18.4 Å². The predicted molar refractivity (Wildman–Crippen MR) is 101 cm³/mol. The predicted octanol–water partition coefficient (Wildman–Crippen LogP) is 5.48. The summed E-state index contributed by atoms with van der Waals surface area (Å²) in [4.78, 5) is 1.42. The van der Waals surface area contributed by atoms with Crippen LogP contribution in [0.25, 0.3) is 11.6 Å². The van der Waals surface area contributed by atoms with E-state index in [1.54, 1.807) is 0 Å². The average molecular weight is 317 g/mol. The van der Waals surface area contributed by atoms with E-state index in [2.05, 4.69) is 71.4 Å². The van der Waals surface area contributed by atoms with Crippen LogP contribution < -0.4 is 5.32 Å². The van der Waals surface area contributed by atoms with Crippen molar-refractivity contribution in [2.24, 2.45) is 0 Å². The van der Waals surface area contributed by atoms with E-state index in [-0.39, 0.29) is 0 Å². The molecule has 23 heavy (non-hydrogen) atoms. The molecule has 1 aliphatic carbocycles. The minimum atomic E-state index is 1.12. The number of hydrogen-bond acceptors (Lipinski definition) is 2. The number of fused-ring (bicyclic) bond motifs is 2. The molecule has 0 atom stereocenters. The molecule has 114 valence electrons. The Kier molecular flexibility index (Phi) is 3.76. The van der Waals surface area contributed by atoms with Crippen LogP contribution >= 0.6 is 11.3 Å². The lowest BCUT2D eigenvalue weighted by molar-refractivity contribution is 0.970. The monoisotopic (exact) mass is 317 g/mol. The molecule has 1 aromatic heterocycles. The van der Waals surface area contributed by atoms with Crippen LogP contribution in [0.3, 0.4) is 0 Å². The molecule has 0 aliphatic heterocycles. The molecule has 0 unspecified atom stereocenters. The second-order valence-corrected chi connectivity index (χ2v) is 6.78. The largest absolute Gasteiger partial charge is 0.388 e. The average Bonchev–Trinajstić information content (AvgIpc) is 3.01. The molecule has 2 aromatic carbocycles. The highest BCUT2D eigenvalue weighted by Gasteiger charge is 2.18. The molecule has 0 bridgehead atoms. The molecule has 1 N–H and O–H groups in total. The van der Waals surface area contributed by atoms with E-state index in [0.717, 1.165) is 18.5 Å². The minimum Gasteiger partial charge on any atom is -0.388 e. The zero-order valence-corrected chi connectivity index (χ0v) is 14.0. The van der Waals surface area contributed by atoms with Gasteiger partial charge in [-0.2, -0.15) is 0 Å². The van der Waals surface area contributed by atoms with Crippen LogP contribution in [-0.2, 0) is 12.8 Å². The minimum absolute atomic E-state index is 1.12. The first kappa shape index (κ1) is 14.3. The van der Waals surface area contributed by atoms with Crippen molar-refractivity contribution in [2.75, 3.05) is 12.4 Å². The van der Waals surface area contributed by atoms with E-state index in [9.17, 15) is 0 Å². The first-order valence-corrected chi connectivity index (χ1v) is 8.87.